The Balaban J connectivity index is 3.02. The molecule has 1 heterocycles. The monoisotopic (exact) mass is 172 g/mol. The number of hydrogen-bond donors (Lipinski definition) is 0. The van der Waals surface area contributed by atoms with E-state index in [9.17, 15) is 0 Å². The molecule has 0 aliphatic heterocycles. The normalized spacial score (nSPS) is 8.54. The second-order valence-electron chi connectivity index (χ2n) is 2.41. The number of nitrogens with zero attached hydrogens (tertiary/aromatic N) is 2. The van der Waals surface area contributed by atoms with Gasteiger partial charge < -0.3 is 4.74 Å². The first kappa shape index (κ1) is 9.09. The summed E-state index contributed by atoms with van der Waals surface area (Å²) >= 11 is 0. The van der Waals surface area contributed by atoms with Crippen LogP contribution in [0.25, 0.3) is 0 Å². The highest BCUT2D eigenvalue weighted by atomic mass is 16.5. The average molecular weight is 172 g/mol. The Morgan fingerprint density at radius 3 is 3.08 bits per heavy atom. The number of aromatic nitrogens is 1. The van der Waals surface area contributed by atoms with Crippen molar-refractivity contribution in [3.05, 3.63) is 23.4 Å². The van der Waals surface area contributed by atoms with Crippen molar-refractivity contribution >= 4 is 0 Å². The fourth-order valence-corrected chi connectivity index (χ4v) is 0.889. The summed E-state index contributed by atoms with van der Waals surface area (Å²) in [7, 11) is 0. The number of pyridine rings is 1. The molecule has 0 atom stereocenters. The van der Waals surface area contributed by atoms with Gasteiger partial charge in [0.05, 0.1) is 0 Å². The van der Waals surface area contributed by atoms with Gasteiger partial charge in [-0.25, -0.2) is 4.98 Å². The lowest BCUT2D eigenvalue weighted by atomic mass is 10.2. The molecule has 3 heteroatoms. The van der Waals surface area contributed by atoms with E-state index in [2.05, 4.69) is 10.9 Å². The number of rotatable bonds is 2. The second-order valence-corrected chi connectivity index (χ2v) is 2.41. The molecule has 3 nitrogen and oxygen atoms in total. The maximum atomic E-state index is 8.78. The molecule has 64 valence electrons. The van der Waals surface area contributed by atoms with Crippen molar-refractivity contribution < 1.29 is 4.74 Å². The van der Waals surface area contributed by atoms with E-state index in [-0.39, 0.29) is 6.61 Å². The molecule has 0 saturated heterocycles. The SMILES string of the molecule is C#CCOc1nccc(C)c1C#N. The summed E-state index contributed by atoms with van der Waals surface area (Å²) in [6.45, 7) is 1.95. The van der Waals surface area contributed by atoms with E-state index in [0.29, 0.717) is 11.4 Å². The zero-order valence-corrected chi connectivity index (χ0v) is 7.24. The van der Waals surface area contributed by atoms with Gasteiger partial charge in [0.15, 0.2) is 6.61 Å². The van der Waals surface area contributed by atoms with Gasteiger partial charge in [-0.05, 0) is 18.6 Å². The number of hydrogen-bond acceptors (Lipinski definition) is 3. The molecule has 0 unspecified atom stereocenters. The lowest BCUT2D eigenvalue weighted by molar-refractivity contribution is 0.354. The van der Waals surface area contributed by atoms with Gasteiger partial charge in [-0.15, -0.1) is 6.42 Å². The molecule has 0 spiro atoms. The zero-order chi connectivity index (χ0) is 9.68. The van der Waals surface area contributed by atoms with Crippen molar-refractivity contribution in [1.29, 1.82) is 5.26 Å². The van der Waals surface area contributed by atoms with Crippen LogP contribution in [0.4, 0.5) is 0 Å². The number of nitriles is 1. The summed E-state index contributed by atoms with van der Waals surface area (Å²) in [4.78, 5) is 3.91. The second kappa shape index (κ2) is 4.13. The molecule has 0 aromatic carbocycles. The Kier molecular flexibility index (Phi) is 2.89. The summed E-state index contributed by atoms with van der Waals surface area (Å²) in [6, 6.07) is 3.77. The molecular formula is C10H8N2O. The van der Waals surface area contributed by atoms with Crippen molar-refractivity contribution in [1.82, 2.24) is 4.98 Å². The smallest absolute Gasteiger partial charge is 0.232 e. The van der Waals surface area contributed by atoms with Gasteiger partial charge in [0.25, 0.3) is 0 Å². The lowest BCUT2D eigenvalue weighted by Crippen LogP contribution is -1.99. The minimum Gasteiger partial charge on any atom is -0.464 e. The van der Waals surface area contributed by atoms with E-state index in [4.69, 9.17) is 16.4 Å². The van der Waals surface area contributed by atoms with Gasteiger partial charge in [-0.2, -0.15) is 5.26 Å². The lowest BCUT2D eigenvalue weighted by Gasteiger charge is -2.04. The predicted molar refractivity (Wildman–Crippen MR) is 48.0 cm³/mol. The highest BCUT2D eigenvalue weighted by Crippen LogP contribution is 2.16. The number of terminal acetylenes is 1. The van der Waals surface area contributed by atoms with Crippen LogP contribution in [-0.2, 0) is 0 Å². The third-order valence-corrected chi connectivity index (χ3v) is 1.53. The fraction of sp³-hybridized carbons (Fsp3) is 0.200. The molecule has 1 aromatic heterocycles. The molecule has 0 N–H and O–H groups in total. The average Bonchev–Trinajstić information content (AvgIpc) is 2.15. The highest BCUT2D eigenvalue weighted by Gasteiger charge is 2.06. The van der Waals surface area contributed by atoms with Gasteiger partial charge in [0, 0.05) is 6.20 Å². The van der Waals surface area contributed by atoms with E-state index in [0.717, 1.165) is 5.56 Å². The first-order valence-corrected chi connectivity index (χ1v) is 3.71. The standard InChI is InChI=1S/C10H8N2O/c1-3-6-13-10-9(7-11)8(2)4-5-12-10/h1,4-5H,6H2,2H3. The molecule has 0 fully saturated rings. The molecule has 0 aliphatic rings. The minimum absolute atomic E-state index is 0.130. The maximum Gasteiger partial charge on any atom is 0.232 e. The number of ether oxygens (including phenoxy) is 1. The third-order valence-electron chi connectivity index (χ3n) is 1.53. The Morgan fingerprint density at radius 2 is 2.46 bits per heavy atom. The summed E-state index contributed by atoms with van der Waals surface area (Å²) in [5.74, 6) is 2.62. The van der Waals surface area contributed by atoms with Crippen LogP contribution in [0.3, 0.4) is 0 Å². The maximum absolute atomic E-state index is 8.78. The first-order chi connectivity index (χ1) is 6.29. The Bertz CT molecular complexity index is 385. The fourth-order valence-electron chi connectivity index (χ4n) is 0.889. The molecule has 0 aliphatic carbocycles. The summed E-state index contributed by atoms with van der Waals surface area (Å²) in [5, 5.41) is 8.78. The minimum atomic E-state index is 0.130. The first-order valence-electron chi connectivity index (χ1n) is 3.71. The molecule has 1 rings (SSSR count). The molecule has 0 amide bonds. The van der Waals surface area contributed by atoms with Crippen LogP contribution in [0, 0.1) is 30.6 Å². The topological polar surface area (TPSA) is 45.9 Å². The third kappa shape index (κ3) is 1.98. The van der Waals surface area contributed by atoms with Gasteiger partial charge in [-0.1, -0.05) is 5.92 Å². The van der Waals surface area contributed by atoms with Crippen LogP contribution in [0.2, 0.25) is 0 Å². The Morgan fingerprint density at radius 1 is 1.69 bits per heavy atom. The van der Waals surface area contributed by atoms with E-state index >= 15 is 0 Å². The van der Waals surface area contributed by atoms with Gasteiger partial charge >= 0.3 is 0 Å². The van der Waals surface area contributed by atoms with Gasteiger partial charge in [0.2, 0.25) is 5.88 Å². The molecule has 0 saturated carbocycles. The molecular weight excluding hydrogens is 164 g/mol. The van der Waals surface area contributed by atoms with Crippen LogP contribution >= 0.6 is 0 Å². The van der Waals surface area contributed by atoms with Gasteiger partial charge in [-0.3, -0.25) is 0 Å². The molecule has 0 radical (unpaired) electrons. The Labute approximate surface area is 77.0 Å². The van der Waals surface area contributed by atoms with E-state index in [1.807, 2.05) is 13.0 Å². The quantitative estimate of drug-likeness (QED) is 0.631. The summed E-state index contributed by atoms with van der Waals surface area (Å²) in [5.41, 5.74) is 1.28. The van der Waals surface area contributed by atoms with Gasteiger partial charge in [0.1, 0.15) is 11.6 Å². The summed E-state index contributed by atoms with van der Waals surface area (Å²) in [6.07, 6.45) is 6.61. The molecule has 13 heavy (non-hydrogen) atoms. The van der Waals surface area contributed by atoms with Crippen LogP contribution in [0.15, 0.2) is 12.3 Å². The summed E-state index contributed by atoms with van der Waals surface area (Å²) < 4.78 is 5.09. The number of aryl methyl sites for hydroxylation is 1. The van der Waals surface area contributed by atoms with Crippen molar-refractivity contribution in [2.45, 2.75) is 6.92 Å². The zero-order valence-electron chi connectivity index (χ0n) is 7.24. The van der Waals surface area contributed by atoms with Crippen LogP contribution in [-0.4, -0.2) is 11.6 Å². The van der Waals surface area contributed by atoms with Crippen molar-refractivity contribution in [3.63, 3.8) is 0 Å². The van der Waals surface area contributed by atoms with Crippen LogP contribution < -0.4 is 4.74 Å². The van der Waals surface area contributed by atoms with E-state index in [1.54, 1.807) is 12.3 Å². The van der Waals surface area contributed by atoms with Crippen LogP contribution in [0.1, 0.15) is 11.1 Å². The highest BCUT2D eigenvalue weighted by molar-refractivity contribution is 5.43. The Hall–Kier alpha value is -2.00. The van der Waals surface area contributed by atoms with Crippen LogP contribution in [0.5, 0.6) is 5.88 Å². The largest absolute Gasteiger partial charge is 0.464 e. The molecule has 0 bridgehead atoms. The molecule has 1 aromatic rings. The van der Waals surface area contributed by atoms with Crippen molar-refractivity contribution in [2.24, 2.45) is 0 Å². The van der Waals surface area contributed by atoms with Crippen molar-refractivity contribution in [2.75, 3.05) is 6.61 Å². The van der Waals surface area contributed by atoms with Crippen molar-refractivity contribution in [3.8, 4) is 24.3 Å². The van der Waals surface area contributed by atoms with E-state index < -0.39 is 0 Å². The van der Waals surface area contributed by atoms with E-state index in [1.165, 1.54) is 0 Å². The predicted octanol–water partition coefficient (Wildman–Crippen LogP) is 1.27.